The Morgan fingerprint density at radius 2 is 1.86 bits per heavy atom. The normalized spacial score (nSPS) is 11.3. The summed E-state index contributed by atoms with van der Waals surface area (Å²) in [6.07, 6.45) is 0. The van der Waals surface area contributed by atoms with E-state index in [2.05, 4.69) is 43.2 Å². The van der Waals surface area contributed by atoms with Gasteiger partial charge in [-0.3, -0.25) is 4.90 Å². The summed E-state index contributed by atoms with van der Waals surface area (Å²) in [7, 11) is 0. The van der Waals surface area contributed by atoms with Gasteiger partial charge in [0.15, 0.2) is 0 Å². The first kappa shape index (κ1) is 17.8. The maximum absolute atomic E-state index is 11.8. The summed E-state index contributed by atoms with van der Waals surface area (Å²) in [6, 6.07) is 6.20. The molecule has 1 aromatic carbocycles. The van der Waals surface area contributed by atoms with Gasteiger partial charge in [-0.05, 0) is 52.3 Å². The molecule has 118 valence electrons. The van der Waals surface area contributed by atoms with Crippen LogP contribution in [0.15, 0.2) is 18.2 Å². The third-order valence-corrected chi connectivity index (χ3v) is 3.82. The van der Waals surface area contributed by atoms with Crippen molar-refractivity contribution in [3.63, 3.8) is 0 Å². The van der Waals surface area contributed by atoms with Crippen LogP contribution in [0.4, 0.5) is 10.5 Å². The number of amides is 2. The molecule has 2 N–H and O–H groups in total. The van der Waals surface area contributed by atoms with Crippen molar-refractivity contribution in [2.75, 3.05) is 18.4 Å². The first-order valence-corrected chi connectivity index (χ1v) is 7.75. The minimum atomic E-state index is -0.206. The third-order valence-electron chi connectivity index (χ3n) is 3.41. The molecule has 0 bridgehead atoms. The van der Waals surface area contributed by atoms with Crippen molar-refractivity contribution in [3.8, 4) is 0 Å². The van der Waals surface area contributed by atoms with Gasteiger partial charge < -0.3 is 10.6 Å². The fourth-order valence-electron chi connectivity index (χ4n) is 2.26. The molecule has 0 aliphatic carbocycles. The highest BCUT2D eigenvalue weighted by molar-refractivity contribution is 6.31. The minimum Gasteiger partial charge on any atom is -0.337 e. The van der Waals surface area contributed by atoms with Crippen molar-refractivity contribution in [3.05, 3.63) is 28.8 Å². The van der Waals surface area contributed by atoms with E-state index in [1.54, 1.807) is 6.07 Å². The standard InChI is InChI=1S/C16H26ClN3O/c1-11(2)20(12(3)4)9-8-18-16(21)19-14-7-6-13(5)15(17)10-14/h6-7,10-12H,8-9H2,1-5H3,(H2,18,19,21). The largest absolute Gasteiger partial charge is 0.337 e. The Kier molecular flexibility index (Phi) is 6.99. The number of hydrogen-bond acceptors (Lipinski definition) is 2. The molecule has 2 amide bonds. The van der Waals surface area contributed by atoms with Crippen LogP contribution < -0.4 is 10.6 Å². The molecule has 0 aliphatic heterocycles. The average Bonchev–Trinajstić information content (AvgIpc) is 2.38. The van der Waals surface area contributed by atoms with E-state index in [4.69, 9.17) is 11.6 Å². The summed E-state index contributed by atoms with van der Waals surface area (Å²) in [4.78, 5) is 14.2. The van der Waals surface area contributed by atoms with E-state index >= 15 is 0 Å². The second kappa shape index (κ2) is 8.25. The van der Waals surface area contributed by atoms with E-state index in [-0.39, 0.29) is 6.03 Å². The Hall–Kier alpha value is -1.26. The number of urea groups is 1. The van der Waals surface area contributed by atoms with Gasteiger partial charge in [-0.25, -0.2) is 4.79 Å². The predicted octanol–water partition coefficient (Wildman–Crippen LogP) is 3.89. The van der Waals surface area contributed by atoms with E-state index in [0.29, 0.717) is 29.3 Å². The molecule has 0 spiro atoms. The zero-order valence-corrected chi connectivity index (χ0v) is 14.3. The monoisotopic (exact) mass is 311 g/mol. The van der Waals surface area contributed by atoms with Crippen molar-refractivity contribution >= 4 is 23.3 Å². The second-order valence-electron chi connectivity index (χ2n) is 5.77. The van der Waals surface area contributed by atoms with Crippen molar-refractivity contribution in [2.45, 2.75) is 46.7 Å². The lowest BCUT2D eigenvalue weighted by Gasteiger charge is -2.30. The van der Waals surface area contributed by atoms with Crippen LogP contribution in [0.3, 0.4) is 0 Å². The maximum atomic E-state index is 11.8. The molecule has 0 aliphatic rings. The molecule has 4 nitrogen and oxygen atoms in total. The van der Waals surface area contributed by atoms with Gasteiger partial charge in [0.05, 0.1) is 0 Å². The smallest absolute Gasteiger partial charge is 0.319 e. The quantitative estimate of drug-likeness (QED) is 0.837. The molecule has 0 fully saturated rings. The lowest BCUT2D eigenvalue weighted by atomic mass is 10.2. The number of halogens is 1. The fraction of sp³-hybridized carbons (Fsp3) is 0.562. The van der Waals surface area contributed by atoms with Crippen molar-refractivity contribution in [2.24, 2.45) is 0 Å². The Labute approximate surface area is 132 Å². The molecule has 0 aromatic heterocycles. The summed E-state index contributed by atoms with van der Waals surface area (Å²) >= 11 is 6.03. The molecule has 1 rings (SSSR count). The van der Waals surface area contributed by atoms with E-state index in [9.17, 15) is 4.79 Å². The first-order chi connectivity index (χ1) is 9.81. The van der Waals surface area contributed by atoms with E-state index in [1.165, 1.54) is 0 Å². The Morgan fingerprint density at radius 3 is 2.38 bits per heavy atom. The highest BCUT2D eigenvalue weighted by atomic mass is 35.5. The van der Waals surface area contributed by atoms with Crippen molar-refractivity contribution < 1.29 is 4.79 Å². The topological polar surface area (TPSA) is 44.4 Å². The molecule has 0 radical (unpaired) electrons. The zero-order valence-electron chi connectivity index (χ0n) is 13.5. The summed E-state index contributed by atoms with van der Waals surface area (Å²) in [5.41, 5.74) is 1.69. The van der Waals surface area contributed by atoms with Gasteiger partial charge in [0.2, 0.25) is 0 Å². The Balaban J connectivity index is 2.42. The van der Waals surface area contributed by atoms with Crippen LogP contribution in [0.25, 0.3) is 0 Å². The molecule has 0 unspecified atom stereocenters. The molecule has 0 saturated carbocycles. The third kappa shape index (κ3) is 5.94. The summed E-state index contributed by atoms with van der Waals surface area (Å²) in [6.45, 7) is 12.0. The first-order valence-electron chi connectivity index (χ1n) is 7.38. The molecular formula is C16H26ClN3O. The average molecular weight is 312 g/mol. The predicted molar refractivity (Wildman–Crippen MR) is 90.2 cm³/mol. The Bertz CT molecular complexity index is 467. The molecule has 0 saturated heterocycles. The highest BCUT2D eigenvalue weighted by Crippen LogP contribution is 2.19. The molecule has 21 heavy (non-hydrogen) atoms. The molecule has 1 aromatic rings. The highest BCUT2D eigenvalue weighted by Gasteiger charge is 2.13. The van der Waals surface area contributed by atoms with E-state index in [0.717, 1.165) is 12.1 Å². The number of anilines is 1. The zero-order chi connectivity index (χ0) is 16.0. The van der Waals surface area contributed by atoms with E-state index in [1.807, 2.05) is 19.1 Å². The molecule has 0 atom stereocenters. The van der Waals surface area contributed by atoms with Gasteiger partial charge in [0.25, 0.3) is 0 Å². The van der Waals surface area contributed by atoms with Crippen LogP contribution in [0, 0.1) is 6.92 Å². The number of aryl methyl sites for hydroxylation is 1. The fourth-order valence-corrected chi connectivity index (χ4v) is 2.44. The van der Waals surface area contributed by atoms with Crippen LogP contribution in [0.1, 0.15) is 33.3 Å². The van der Waals surface area contributed by atoms with Crippen LogP contribution in [0.5, 0.6) is 0 Å². The number of carbonyl (C=O) groups excluding carboxylic acids is 1. The number of carbonyl (C=O) groups is 1. The molecule has 5 heteroatoms. The van der Waals surface area contributed by atoms with Gasteiger partial charge in [-0.1, -0.05) is 17.7 Å². The summed E-state index contributed by atoms with van der Waals surface area (Å²) in [5.74, 6) is 0. The van der Waals surface area contributed by atoms with Crippen molar-refractivity contribution in [1.29, 1.82) is 0 Å². The Morgan fingerprint density at radius 1 is 1.24 bits per heavy atom. The molecule has 0 heterocycles. The lowest BCUT2D eigenvalue weighted by Crippen LogP contribution is -2.43. The number of benzene rings is 1. The van der Waals surface area contributed by atoms with Crippen LogP contribution in [-0.2, 0) is 0 Å². The van der Waals surface area contributed by atoms with E-state index < -0.39 is 0 Å². The maximum Gasteiger partial charge on any atom is 0.319 e. The van der Waals surface area contributed by atoms with Crippen LogP contribution in [-0.4, -0.2) is 36.1 Å². The SMILES string of the molecule is Cc1ccc(NC(=O)NCCN(C(C)C)C(C)C)cc1Cl. The number of rotatable bonds is 6. The number of nitrogens with one attached hydrogen (secondary N) is 2. The van der Waals surface area contributed by atoms with Gasteiger partial charge in [0.1, 0.15) is 0 Å². The minimum absolute atomic E-state index is 0.206. The number of nitrogens with zero attached hydrogens (tertiary/aromatic N) is 1. The van der Waals surface area contributed by atoms with Gasteiger partial charge in [-0.15, -0.1) is 0 Å². The second-order valence-corrected chi connectivity index (χ2v) is 6.18. The van der Waals surface area contributed by atoms with Gasteiger partial charge >= 0.3 is 6.03 Å². The van der Waals surface area contributed by atoms with Crippen LogP contribution in [0.2, 0.25) is 5.02 Å². The van der Waals surface area contributed by atoms with Crippen LogP contribution >= 0.6 is 11.6 Å². The van der Waals surface area contributed by atoms with Crippen molar-refractivity contribution in [1.82, 2.24) is 10.2 Å². The van der Waals surface area contributed by atoms with Gasteiger partial charge in [-0.2, -0.15) is 0 Å². The number of hydrogen-bond donors (Lipinski definition) is 2. The summed E-state index contributed by atoms with van der Waals surface area (Å²) in [5, 5.41) is 6.31. The molecular weight excluding hydrogens is 286 g/mol. The van der Waals surface area contributed by atoms with Gasteiger partial charge in [0, 0.05) is 35.9 Å². The lowest BCUT2D eigenvalue weighted by molar-refractivity contribution is 0.176. The summed E-state index contributed by atoms with van der Waals surface area (Å²) < 4.78 is 0.